The molecule has 0 amide bonds. The smallest absolute Gasteiger partial charge is 0.0107 e. The Balaban J connectivity index is 2.02. The first-order chi connectivity index (χ1) is 7.74. The summed E-state index contributed by atoms with van der Waals surface area (Å²) in [6.45, 7) is 8.32. The van der Waals surface area contributed by atoms with Gasteiger partial charge in [0.25, 0.3) is 0 Å². The van der Waals surface area contributed by atoms with Crippen molar-refractivity contribution in [3.63, 3.8) is 0 Å². The molecule has 0 radical (unpaired) electrons. The van der Waals surface area contributed by atoms with Gasteiger partial charge in [0.1, 0.15) is 0 Å². The van der Waals surface area contributed by atoms with Crippen molar-refractivity contribution >= 4 is 0 Å². The van der Waals surface area contributed by atoms with E-state index in [1.165, 1.54) is 38.6 Å². The van der Waals surface area contributed by atoms with Crippen LogP contribution < -0.4 is 5.32 Å². The van der Waals surface area contributed by atoms with Gasteiger partial charge >= 0.3 is 0 Å². The molecule has 1 aliphatic carbocycles. The molecule has 94 valence electrons. The molecule has 0 heterocycles. The number of nitrogens with one attached hydrogen (secondary N) is 1. The lowest BCUT2D eigenvalue weighted by molar-refractivity contribution is 0.242. The first kappa shape index (κ1) is 13.7. The van der Waals surface area contributed by atoms with Crippen LogP contribution in [0.15, 0.2) is 12.7 Å². The highest BCUT2D eigenvalue weighted by atomic mass is 15.1. The fourth-order valence-corrected chi connectivity index (χ4v) is 2.48. The molecule has 2 nitrogen and oxygen atoms in total. The Hall–Kier alpha value is -0.340. The van der Waals surface area contributed by atoms with Crippen LogP contribution in [-0.4, -0.2) is 37.1 Å². The molecule has 16 heavy (non-hydrogen) atoms. The van der Waals surface area contributed by atoms with Crippen molar-refractivity contribution in [2.24, 2.45) is 0 Å². The summed E-state index contributed by atoms with van der Waals surface area (Å²) in [4.78, 5) is 2.53. The van der Waals surface area contributed by atoms with E-state index in [1.807, 2.05) is 6.08 Å². The number of likely N-dealkylation sites (N-methyl/N-ethyl adjacent to an activating group) is 1. The largest absolute Gasteiger partial charge is 0.313 e. The molecule has 1 aliphatic rings. The van der Waals surface area contributed by atoms with Crippen LogP contribution in [-0.2, 0) is 0 Å². The summed E-state index contributed by atoms with van der Waals surface area (Å²) in [5.74, 6) is 0. The summed E-state index contributed by atoms with van der Waals surface area (Å²) in [5, 5.41) is 3.58. The van der Waals surface area contributed by atoms with Gasteiger partial charge in [0.15, 0.2) is 0 Å². The molecule has 0 aromatic heterocycles. The number of nitrogens with zero attached hydrogens (tertiary/aromatic N) is 1. The Labute approximate surface area is 101 Å². The summed E-state index contributed by atoms with van der Waals surface area (Å²) < 4.78 is 0. The maximum absolute atomic E-state index is 3.76. The predicted molar refractivity (Wildman–Crippen MR) is 71.8 cm³/mol. The van der Waals surface area contributed by atoms with Crippen molar-refractivity contribution in [2.75, 3.05) is 20.1 Å². The molecule has 1 saturated carbocycles. The standard InChI is InChI=1S/C14H28N2/c1-4-5-8-13(2)15-11-12-16(3)14-9-6-7-10-14/h4,13-15H,1,5-12H2,2-3H3. The molecule has 1 rings (SSSR count). The van der Waals surface area contributed by atoms with E-state index >= 15 is 0 Å². The van der Waals surface area contributed by atoms with Crippen LogP contribution in [0.3, 0.4) is 0 Å². The third-order valence-electron chi connectivity index (χ3n) is 3.71. The Morgan fingerprint density at radius 2 is 2.12 bits per heavy atom. The SMILES string of the molecule is C=CCCC(C)NCCN(C)C1CCCC1. The first-order valence-corrected chi connectivity index (χ1v) is 6.78. The van der Waals surface area contributed by atoms with Crippen molar-refractivity contribution in [3.05, 3.63) is 12.7 Å². The molecule has 0 bridgehead atoms. The van der Waals surface area contributed by atoms with Crippen molar-refractivity contribution < 1.29 is 0 Å². The number of allylic oxidation sites excluding steroid dienone is 1. The van der Waals surface area contributed by atoms with E-state index in [9.17, 15) is 0 Å². The van der Waals surface area contributed by atoms with Crippen molar-refractivity contribution in [1.82, 2.24) is 10.2 Å². The highest BCUT2D eigenvalue weighted by molar-refractivity contribution is 4.76. The zero-order valence-corrected chi connectivity index (χ0v) is 11.0. The third-order valence-corrected chi connectivity index (χ3v) is 3.71. The van der Waals surface area contributed by atoms with Gasteiger partial charge in [0, 0.05) is 25.2 Å². The molecule has 1 N–H and O–H groups in total. The van der Waals surface area contributed by atoms with Crippen molar-refractivity contribution in [2.45, 2.75) is 57.5 Å². The average molecular weight is 224 g/mol. The minimum atomic E-state index is 0.620. The maximum atomic E-state index is 3.76. The van der Waals surface area contributed by atoms with Gasteiger partial charge in [-0.05, 0) is 39.7 Å². The summed E-state index contributed by atoms with van der Waals surface area (Å²) >= 11 is 0. The Morgan fingerprint density at radius 1 is 1.44 bits per heavy atom. The molecule has 0 aromatic carbocycles. The van der Waals surface area contributed by atoms with Crippen LogP contribution in [0.25, 0.3) is 0 Å². The van der Waals surface area contributed by atoms with Crippen molar-refractivity contribution in [3.8, 4) is 0 Å². The Bertz CT molecular complexity index is 185. The van der Waals surface area contributed by atoms with E-state index in [-0.39, 0.29) is 0 Å². The second kappa shape index (κ2) is 7.86. The summed E-state index contributed by atoms with van der Waals surface area (Å²) in [6.07, 6.45) is 9.99. The lowest BCUT2D eigenvalue weighted by atomic mass is 10.2. The second-order valence-corrected chi connectivity index (χ2v) is 5.14. The minimum Gasteiger partial charge on any atom is -0.313 e. The summed E-state index contributed by atoms with van der Waals surface area (Å²) in [7, 11) is 2.27. The predicted octanol–water partition coefficient (Wildman–Crippen LogP) is 2.81. The normalized spacial score (nSPS) is 19.2. The molecule has 0 saturated heterocycles. The highest BCUT2D eigenvalue weighted by Gasteiger charge is 2.18. The minimum absolute atomic E-state index is 0.620. The van der Waals surface area contributed by atoms with Crippen LogP contribution in [0.2, 0.25) is 0 Å². The van der Waals surface area contributed by atoms with E-state index in [4.69, 9.17) is 0 Å². The molecule has 1 atom stereocenters. The van der Waals surface area contributed by atoms with E-state index in [0.717, 1.165) is 19.0 Å². The first-order valence-electron chi connectivity index (χ1n) is 6.78. The summed E-state index contributed by atoms with van der Waals surface area (Å²) in [6, 6.07) is 1.47. The molecular formula is C14H28N2. The molecule has 1 unspecified atom stereocenters. The molecule has 1 fully saturated rings. The van der Waals surface area contributed by atoms with Crippen molar-refractivity contribution in [1.29, 1.82) is 0 Å². The fourth-order valence-electron chi connectivity index (χ4n) is 2.48. The topological polar surface area (TPSA) is 15.3 Å². The van der Waals surface area contributed by atoms with Gasteiger partial charge in [-0.1, -0.05) is 18.9 Å². The monoisotopic (exact) mass is 224 g/mol. The number of hydrogen-bond donors (Lipinski definition) is 1. The Morgan fingerprint density at radius 3 is 2.75 bits per heavy atom. The maximum Gasteiger partial charge on any atom is 0.0107 e. The van der Waals surface area contributed by atoms with Crippen LogP contribution >= 0.6 is 0 Å². The van der Waals surface area contributed by atoms with E-state index < -0.39 is 0 Å². The molecular weight excluding hydrogens is 196 g/mol. The molecule has 2 heteroatoms. The van der Waals surface area contributed by atoms with Gasteiger partial charge in [0.2, 0.25) is 0 Å². The van der Waals surface area contributed by atoms with Gasteiger partial charge in [0.05, 0.1) is 0 Å². The van der Waals surface area contributed by atoms with Crippen LogP contribution in [0.4, 0.5) is 0 Å². The third kappa shape index (κ3) is 5.13. The zero-order chi connectivity index (χ0) is 11.8. The fraction of sp³-hybridized carbons (Fsp3) is 0.857. The zero-order valence-electron chi connectivity index (χ0n) is 11.0. The number of hydrogen-bond acceptors (Lipinski definition) is 2. The van der Waals surface area contributed by atoms with Gasteiger partial charge in [-0.3, -0.25) is 0 Å². The van der Waals surface area contributed by atoms with E-state index in [1.54, 1.807) is 0 Å². The molecule has 0 spiro atoms. The van der Waals surface area contributed by atoms with Crippen LogP contribution in [0.5, 0.6) is 0 Å². The van der Waals surface area contributed by atoms with Crippen LogP contribution in [0.1, 0.15) is 45.4 Å². The Kier molecular flexibility index (Phi) is 6.74. The van der Waals surface area contributed by atoms with E-state index in [2.05, 4.69) is 30.8 Å². The van der Waals surface area contributed by atoms with Crippen LogP contribution in [0, 0.1) is 0 Å². The average Bonchev–Trinajstić information content (AvgIpc) is 2.79. The number of rotatable bonds is 8. The quantitative estimate of drug-likeness (QED) is 0.638. The van der Waals surface area contributed by atoms with Gasteiger partial charge in [-0.15, -0.1) is 6.58 Å². The van der Waals surface area contributed by atoms with E-state index in [0.29, 0.717) is 6.04 Å². The van der Waals surface area contributed by atoms with Gasteiger partial charge < -0.3 is 10.2 Å². The second-order valence-electron chi connectivity index (χ2n) is 5.14. The molecule has 0 aliphatic heterocycles. The van der Waals surface area contributed by atoms with Gasteiger partial charge in [-0.2, -0.15) is 0 Å². The lowest BCUT2D eigenvalue weighted by Crippen LogP contribution is -2.38. The lowest BCUT2D eigenvalue weighted by Gasteiger charge is -2.25. The van der Waals surface area contributed by atoms with Gasteiger partial charge in [-0.25, -0.2) is 0 Å². The summed E-state index contributed by atoms with van der Waals surface area (Å²) in [5.41, 5.74) is 0. The highest BCUT2D eigenvalue weighted by Crippen LogP contribution is 2.21. The molecule has 0 aromatic rings.